The maximum absolute atomic E-state index is 13.0. The van der Waals surface area contributed by atoms with E-state index in [9.17, 15) is 22.4 Å². The van der Waals surface area contributed by atoms with E-state index < -0.39 is 23.7 Å². The summed E-state index contributed by atoms with van der Waals surface area (Å²) in [7, 11) is 0. The number of hydrogen-bond donors (Lipinski definition) is 0. The molecule has 2 heterocycles. The summed E-state index contributed by atoms with van der Waals surface area (Å²) in [6, 6.07) is 14.9. The molecule has 0 radical (unpaired) electrons. The molecule has 0 spiro atoms. The number of anilines is 1. The standard InChI is InChI=1S/C24H21F4N3O2/c25-20-7-10-22(29-16-20)30-11-13-31(14-12-30)23(32)33-21-8-3-18(4-9-21)15-17-1-5-19(6-2-17)24(26,27)28/h1-10,16H,11-15H2. The Hall–Kier alpha value is -3.62. The smallest absolute Gasteiger partial charge is 0.410 e. The predicted octanol–water partition coefficient (Wildman–Crippen LogP) is 5.15. The number of nitrogens with zero attached hydrogens (tertiary/aromatic N) is 3. The number of pyridine rings is 1. The van der Waals surface area contributed by atoms with E-state index in [-0.39, 0.29) is 0 Å². The molecule has 1 saturated heterocycles. The van der Waals surface area contributed by atoms with Gasteiger partial charge in [0.15, 0.2) is 0 Å². The highest BCUT2D eigenvalue weighted by Gasteiger charge is 2.30. The number of amides is 1. The predicted molar refractivity (Wildman–Crippen MR) is 115 cm³/mol. The SMILES string of the molecule is O=C(Oc1ccc(Cc2ccc(C(F)(F)F)cc2)cc1)N1CCN(c2ccc(F)cn2)CC1. The van der Waals surface area contributed by atoms with Gasteiger partial charge < -0.3 is 14.5 Å². The molecule has 1 aliphatic heterocycles. The molecule has 0 saturated carbocycles. The van der Waals surface area contributed by atoms with Crippen LogP contribution in [-0.2, 0) is 12.6 Å². The average Bonchev–Trinajstić information content (AvgIpc) is 2.81. The Labute approximate surface area is 188 Å². The molecule has 2 aromatic carbocycles. The average molecular weight is 459 g/mol. The van der Waals surface area contributed by atoms with Crippen molar-refractivity contribution in [2.75, 3.05) is 31.1 Å². The molecule has 1 amide bonds. The van der Waals surface area contributed by atoms with Gasteiger partial charge in [0.05, 0.1) is 11.8 Å². The van der Waals surface area contributed by atoms with Crippen LogP contribution in [0.3, 0.4) is 0 Å². The first-order valence-corrected chi connectivity index (χ1v) is 10.4. The molecule has 1 fully saturated rings. The van der Waals surface area contributed by atoms with Gasteiger partial charge in [-0.3, -0.25) is 0 Å². The molecular weight excluding hydrogens is 438 g/mol. The van der Waals surface area contributed by atoms with Crippen LogP contribution < -0.4 is 9.64 Å². The second kappa shape index (κ2) is 9.48. The van der Waals surface area contributed by atoms with Crippen LogP contribution in [0.15, 0.2) is 66.9 Å². The zero-order valence-corrected chi connectivity index (χ0v) is 17.6. The van der Waals surface area contributed by atoms with Gasteiger partial charge in [-0.2, -0.15) is 13.2 Å². The summed E-state index contributed by atoms with van der Waals surface area (Å²) in [6.07, 6.45) is -3.19. The quantitative estimate of drug-likeness (QED) is 0.506. The van der Waals surface area contributed by atoms with Crippen molar-refractivity contribution in [1.29, 1.82) is 0 Å². The van der Waals surface area contributed by atoms with Crippen molar-refractivity contribution >= 4 is 11.9 Å². The maximum atomic E-state index is 13.0. The molecule has 0 aliphatic carbocycles. The zero-order chi connectivity index (χ0) is 23.4. The van der Waals surface area contributed by atoms with E-state index in [2.05, 4.69) is 4.98 Å². The molecule has 33 heavy (non-hydrogen) atoms. The monoisotopic (exact) mass is 459 g/mol. The van der Waals surface area contributed by atoms with E-state index in [1.807, 2.05) is 4.90 Å². The van der Waals surface area contributed by atoms with Gasteiger partial charge in [0.2, 0.25) is 0 Å². The lowest BCUT2D eigenvalue weighted by Gasteiger charge is -2.34. The van der Waals surface area contributed by atoms with Gasteiger partial charge in [0, 0.05) is 26.2 Å². The Morgan fingerprint density at radius 1 is 0.879 bits per heavy atom. The molecule has 4 rings (SSSR count). The fourth-order valence-corrected chi connectivity index (χ4v) is 3.56. The minimum absolute atomic E-state index is 0.388. The van der Waals surface area contributed by atoms with E-state index in [1.54, 1.807) is 35.2 Å². The van der Waals surface area contributed by atoms with Crippen molar-refractivity contribution in [3.63, 3.8) is 0 Å². The number of ether oxygens (including phenoxy) is 1. The minimum atomic E-state index is -4.35. The van der Waals surface area contributed by atoms with Crippen LogP contribution in [0.2, 0.25) is 0 Å². The first-order valence-electron chi connectivity index (χ1n) is 10.4. The molecule has 1 aliphatic rings. The van der Waals surface area contributed by atoms with Gasteiger partial charge in [0.1, 0.15) is 17.4 Å². The van der Waals surface area contributed by atoms with Crippen LogP contribution in [0, 0.1) is 5.82 Å². The Morgan fingerprint density at radius 2 is 1.48 bits per heavy atom. The maximum Gasteiger partial charge on any atom is 0.416 e. The molecule has 0 atom stereocenters. The second-order valence-corrected chi connectivity index (χ2v) is 7.69. The Bertz CT molecular complexity index is 1080. The van der Waals surface area contributed by atoms with Crippen molar-refractivity contribution in [2.45, 2.75) is 12.6 Å². The third kappa shape index (κ3) is 5.79. The minimum Gasteiger partial charge on any atom is -0.410 e. The molecular formula is C24H21F4N3O2. The zero-order valence-electron chi connectivity index (χ0n) is 17.6. The lowest BCUT2D eigenvalue weighted by molar-refractivity contribution is -0.137. The van der Waals surface area contributed by atoms with Crippen molar-refractivity contribution in [3.05, 3.63) is 89.4 Å². The van der Waals surface area contributed by atoms with Gasteiger partial charge in [-0.25, -0.2) is 14.2 Å². The highest BCUT2D eigenvalue weighted by atomic mass is 19.4. The summed E-state index contributed by atoms with van der Waals surface area (Å²) in [6.45, 7) is 2.01. The topological polar surface area (TPSA) is 45.7 Å². The summed E-state index contributed by atoms with van der Waals surface area (Å²) in [5, 5.41) is 0. The third-order valence-corrected chi connectivity index (χ3v) is 5.39. The van der Waals surface area contributed by atoms with Gasteiger partial charge in [-0.15, -0.1) is 0 Å². The second-order valence-electron chi connectivity index (χ2n) is 7.69. The van der Waals surface area contributed by atoms with E-state index in [0.717, 1.165) is 29.5 Å². The van der Waals surface area contributed by atoms with Crippen molar-refractivity contribution in [2.24, 2.45) is 0 Å². The number of carbonyl (C=O) groups is 1. The summed E-state index contributed by atoms with van der Waals surface area (Å²) < 4.78 is 56.5. The number of halogens is 4. The van der Waals surface area contributed by atoms with Gasteiger partial charge >= 0.3 is 12.3 Å². The van der Waals surface area contributed by atoms with Crippen LogP contribution >= 0.6 is 0 Å². The number of alkyl halides is 3. The highest BCUT2D eigenvalue weighted by molar-refractivity contribution is 5.71. The molecule has 0 unspecified atom stereocenters. The summed E-state index contributed by atoms with van der Waals surface area (Å²) in [4.78, 5) is 20.1. The van der Waals surface area contributed by atoms with E-state index >= 15 is 0 Å². The number of rotatable bonds is 4. The van der Waals surface area contributed by atoms with Crippen LogP contribution in [0.1, 0.15) is 16.7 Å². The number of benzene rings is 2. The number of hydrogen-bond acceptors (Lipinski definition) is 4. The molecule has 172 valence electrons. The summed E-state index contributed by atoms with van der Waals surface area (Å²) >= 11 is 0. The van der Waals surface area contributed by atoms with Crippen LogP contribution in [0.4, 0.5) is 28.2 Å². The van der Waals surface area contributed by atoms with E-state index in [0.29, 0.717) is 44.2 Å². The molecule has 0 N–H and O–H groups in total. The van der Waals surface area contributed by atoms with Crippen LogP contribution in [0.5, 0.6) is 5.75 Å². The van der Waals surface area contributed by atoms with E-state index in [4.69, 9.17) is 4.74 Å². The Morgan fingerprint density at radius 3 is 2.03 bits per heavy atom. The molecule has 5 nitrogen and oxygen atoms in total. The number of aromatic nitrogens is 1. The number of piperazine rings is 1. The van der Waals surface area contributed by atoms with Gasteiger partial charge in [-0.05, 0) is 53.9 Å². The van der Waals surface area contributed by atoms with Gasteiger partial charge in [-0.1, -0.05) is 24.3 Å². The van der Waals surface area contributed by atoms with Crippen LogP contribution in [-0.4, -0.2) is 42.2 Å². The molecule has 3 aromatic rings. The Balaban J connectivity index is 1.28. The first-order chi connectivity index (χ1) is 15.8. The lowest BCUT2D eigenvalue weighted by Crippen LogP contribution is -2.49. The first kappa shape index (κ1) is 22.6. The number of carbonyl (C=O) groups excluding carboxylic acids is 1. The summed E-state index contributed by atoms with van der Waals surface area (Å²) in [5.74, 6) is 0.651. The third-order valence-electron chi connectivity index (χ3n) is 5.39. The normalized spacial score (nSPS) is 14.3. The van der Waals surface area contributed by atoms with Crippen molar-refractivity contribution in [3.8, 4) is 5.75 Å². The lowest BCUT2D eigenvalue weighted by atomic mass is 10.0. The largest absolute Gasteiger partial charge is 0.416 e. The van der Waals surface area contributed by atoms with Crippen LogP contribution in [0.25, 0.3) is 0 Å². The van der Waals surface area contributed by atoms with Crippen molar-refractivity contribution in [1.82, 2.24) is 9.88 Å². The van der Waals surface area contributed by atoms with Gasteiger partial charge in [0.25, 0.3) is 0 Å². The molecule has 0 bridgehead atoms. The fourth-order valence-electron chi connectivity index (χ4n) is 3.56. The summed E-state index contributed by atoms with van der Waals surface area (Å²) in [5.41, 5.74) is 0.958. The highest BCUT2D eigenvalue weighted by Crippen LogP contribution is 2.29. The van der Waals surface area contributed by atoms with Crippen molar-refractivity contribution < 1.29 is 27.1 Å². The fraction of sp³-hybridized carbons (Fsp3) is 0.250. The van der Waals surface area contributed by atoms with E-state index in [1.165, 1.54) is 18.2 Å². The molecule has 9 heteroatoms. The Kier molecular flexibility index (Phi) is 6.48. The molecule has 1 aromatic heterocycles.